The monoisotopic (exact) mass is 440 g/mol. The second-order valence-electron chi connectivity index (χ2n) is 8.16. The molecule has 0 bridgehead atoms. The van der Waals surface area contributed by atoms with E-state index in [0.29, 0.717) is 19.1 Å². The number of rotatable bonds is 8. The lowest BCUT2D eigenvalue weighted by Crippen LogP contribution is -2.41. The average Bonchev–Trinajstić information content (AvgIpc) is 3.45. The Morgan fingerprint density at radius 1 is 1.26 bits per heavy atom. The van der Waals surface area contributed by atoms with Crippen LogP contribution >= 0.6 is 11.3 Å². The Hall–Kier alpha value is -2.71. The van der Waals surface area contributed by atoms with Gasteiger partial charge in [0.2, 0.25) is 0 Å². The maximum atomic E-state index is 12.6. The molecule has 3 heterocycles. The second kappa shape index (κ2) is 10.1. The lowest BCUT2D eigenvalue weighted by molar-refractivity contribution is 0.0638. The van der Waals surface area contributed by atoms with Crippen LogP contribution in [0.1, 0.15) is 39.5 Å². The van der Waals surface area contributed by atoms with Gasteiger partial charge in [-0.15, -0.1) is 11.3 Å². The summed E-state index contributed by atoms with van der Waals surface area (Å²) in [4.78, 5) is 17.6. The predicted molar refractivity (Wildman–Crippen MR) is 119 cm³/mol. The quantitative estimate of drug-likeness (QED) is 0.527. The Kier molecular flexibility index (Phi) is 6.99. The molecule has 1 aliphatic heterocycles. The Labute approximate surface area is 186 Å². The molecule has 0 saturated carbocycles. The molecule has 1 aliphatic rings. The highest BCUT2D eigenvalue weighted by atomic mass is 32.1. The summed E-state index contributed by atoms with van der Waals surface area (Å²) in [6.07, 6.45) is 2.12. The summed E-state index contributed by atoms with van der Waals surface area (Å²) >= 11 is 1.51. The van der Waals surface area contributed by atoms with Gasteiger partial charge in [-0.3, -0.25) is 9.69 Å². The highest BCUT2D eigenvalue weighted by molar-refractivity contribution is 7.12. The third-order valence-electron chi connectivity index (χ3n) is 5.57. The Bertz CT molecular complexity index is 971. The summed E-state index contributed by atoms with van der Waals surface area (Å²) in [7, 11) is 2.05. The lowest BCUT2D eigenvalue weighted by Gasteiger charge is -2.32. The molecule has 7 nitrogen and oxygen atoms in total. The van der Waals surface area contributed by atoms with Gasteiger partial charge in [-0.25, -0.2) is 4.63 Å². The zero-order valence-electron chi connectivity index (χ0n) is 18.0. The van der Waals surface area contributed by atoms with E-state index < -0.39 is 0 Å². The van der Waals surface area contributed by atoms with Gasteiger partial charge in [0.15, 0.2) is 0 Å². The molecule has 31 heavy (non-hydrogen) atoms. The smallest absolute Gasteiger partial charge is 0.263 e. The lowest BCUT2D eigenvalue weighted by atomic mass is 9.99. The first-order valence-electron chi connectivity index (χ1n) is 10.6. The first-order valence-corrected chi connectivity index (χ1v) is 11.5. The van der Waals surface area contributed by atoms with Crippen LogP contribution in [0.3, 0.4) is 0 Å². The summed E-state index contributed by atoms with van der Waals surface area (Å²) in [5, 5.41) is 9.71. The van der Waals surface area contributed by atoms with Crippen molar-refractivity contribution in [3.63, 3.8) is 0 Å². The standard InChI is InChI=1S/C23H28N4O3S/c1-17-21(25-30-24-17)15-26(2)13-18-7-9-20(10-8-18)29-16-19-5-3-11-27(14-19)23(28)22-6-4-12-31-22/h4,6-10,12,19H,3,5,11,13-16H2,1-2H3. The van der Waals surface area contributed by atoms with Crippen molar-refractivity contribution in [2.24, 2.45) is 5.92 Å². The van der Waals surface area contributed by atoms with Crippen LogP contribution < -0.4 is 4.74 Å². The van der Waals surface area contributed by atoms with Gasteiger partial charge in [0.25, 0.3) is 5.91 Å². The first kappa shape index (κ1) is 21.5. The van der Waals surface area contributed by atoms with Crippen molar-refractivity contribution in [2.45, 2.75) is 32.9 Å². The molecular formula is C23H28N4O3S. The number of hydrogen-bond acceptors (Lipinski definition) is 7. The number of nitrogens with zero attached hydrogens (tertiary/aromatic N) is 4. The van der Waals surface area contributed by atoms with E-state index in [4.69, 9.17) is 9.37 Å². The van der Waals surface area contributed by atoms with Crippen LogP contribution in [0.15, 0.2) is 46.4 Å². The number of thiophene rings is 1. The molecule has 0 N–H and O–H groups in total. The van der Waals surface area contributed by atoms with Gasteiger partial charge < -0.3 is 9.64 Å². The number of piperidine rings is 1. The van der Waals surface area contributed by atoms with Crippen LogP contribution in [0.5, 0.6) is 5.75 Å². The number of benzene rings is 1. The largest absolute Gasteiger partial charge is 0.493 e. The van der Waals surface area contributed by atoms with Crippen molar-refractivity contribution in [3.05, 3.63) is 63.6 Å². The molecule has 1 amide bonds. The molecule has 1 saturated heterocycles. The molecular weight excluding hydrogens is 412 g/mol. The summed E-state index contributed by atoms with van der Waals surface area (Å²) in [5.74, 6) is 1.37. The molecule has 164 valence electrons. The van der Waals surface area contributed by atoms with Crippen molar-refractivity contribution >= 4 is 17.2 Å². The van der Waals surface area contributed by atoms with Gasteiger partial charge in [-0.05, 0) is 56.0 Å². The van der Waals surface area contributed by atoms with E-state index in [1.54, 1.807) is 0 Å². The van der Waals surface area contributed by atoms with Crippen LogP contribution in [0.2, 0.25) is 0 Å². The van der Waals surface area contributed by atoms with E-state index in [2.05, 4.69) is 27.3 Å². The molecule has 2 aromatic heterocycles. The number of carbonyl (C=O) groups excluding carboxylic acids is 1. The van der Waals surface area contributed by atoms with Crippen LogP contribution in [0.25, 0.3) is 0 Å². The summed E-state index contributed by atoms with van der Waals surface area (Å²) in [6, 6.07) is 12.0. The highest BCUT2D eigenvalue weighted by Gasteiger charge is 2.25. The third kappa shape index (κ3) is 5.71. The van der Waals surface area contributed by atoms with E-state index in [1.165, 1.54) is 16.9 Å². The van der Waals surface area contributed by atoms with Crippen LogP contribution in [0, 0.1) is 12.8 Å². The minimum Gasteiger partial charge on any atom is -0.493 e. The highest BCUT2D eigenvalue weighted by Crippen LogP contribution is 2.22. The number of likely N-dealkylation sites (tertiary alicyclic amines) is 1. The second-order valence-corrected chi connectivity index (χ2v) is 9.11. The topological polar surface area (TPSA) is 71.7 Å². The van der Waals surface area contributed by atoms with Gasteiger partial charge in [0.05, 0.1) is 11.5 Å². The van der Waals surface area contributed by atoms with E-state index in [-0.39, 0.29) is 5.91 Å². The Balaban J connectivity index is 1.24. The van der Waals surface area contributed by atoms with Gasteiger partial charge in [0, 0.05) is 32.1 Å². The molecule has 0 radical (unpaired) electrons. The fourth-order valence-electron chi connectivity index (χ4n) is 3.86. The van der Waals surface area contributed by atoms with Gasteiger partial charge in [-0.2, -0.15) is 0 Å². The van der Waals surface area contributed by atoms with Crippen molar-refractivity contribution in [1.29, 1.82) is 0 Å². The molecule has 4 rings (SSSR count). The molecule has 1 aromatic carbocycles. The van der Waals surface area contributed by atoms with Crippen molar-refractivity contribution in [1.82, 2.24) is 20.1 Å². The minimum atomic E-state index is 0.143. The van der Waals surface area contributed by atoms with Gasteiger partial charge in [0.1, 0.15) is 17.1 Å². The number of aromatic nitrogens is 2. The van der Waals surface area contributed by atoms with E-state index in [0.717, 1.165) is 54.5 Å². The van der Waals surface area contributed by atoms with Crippen molar-refractivity contribution < 1.29 is 14.2 Å². The van der Waals surface area contributed by atoms with E-state index >= 15 is 0 Å². The Morgan fingerprint density at radius 2 is 2.10 bits per heavy atom. The number of amides is 1. The fraction of sp³-hybridized carbons (Fsp3) is 0.435. The normalized spacial score (nSPS) is 16.6. The maximum Gasteiger partial charge on any atom is 0.263 e. The van der Waals surface area contributed by atoms with Crippen LogP contribution in [-0.4, -0.2) is 52.8 Å². The summed E-state index contributed by atoms with van der Waals surface area (Å²) < 4.78 is 10.8. The predicted octanol–water partition coefficient (Wildman–Crippen LogP) is 4.00. The number of carbonyl (C=O) groups is 1. The number of ether oxygens (including phenoxy) is 1. The number of aryl methyl sites for hydroxylation is 1. The van der Waals surface area contributed by atoms with Gasteiger partial charge >= 0.3 is 0 Å². The summed E-state index contributed by atoms with van der Waals surface area (Å²) in [6.45, 7) is 5.61. The number of hydrogen-bond donors (Lipinski definition) is 0. The molecule has 1 fully saturated rings. The first-order chi connectivity index (χ1) is 15.1. The maximum absolute atomic E-state index is 12.6. The van der Waals surface area contributed by atoms with Crippen LogP contribution in [0.4, 0.5) is 0 Å². The zero-order chi connectivity index (χ0) is 21.6. The fourth-order valence-corrected chi connectivity index (χ4v) is 4.55. The van der Waals surface area contributed by atoms with Gasteiger partial charge in [-0.1, -0.05) is 28.5 Å². The van der Waals surface area contributed by atoms with Crippen molar-refractivity contribution in [2.75, 3.05) is 26.7 Å². The molecule has 1 atom stereocenters. The SMILES string of the molecule is Cc1nonc1CN(C)Cc1ccc(OCC2CCCN(C(=O)c3cccs3)C2)cc1. The van der Waals surface area contributed by atoms with E-state index in [1.807, 2.05) is 48.5 Å². The molecule has 0 spiro atoms. The third-order valence-corrected chi connectivity index (χ3v) is 6.42. The molecule has 1 unspecified atom stereocenters. The van der Waals surface area contributed by atoms with Crippen molar-refractivity contribution in [3.8, 4) is 5.75 Å². The Morgan fingerprint density at radius 3 is 2.81 bits per heavy atom. The molecule has 3 aromatic rings. The summed E-state index contributed by atoms with van der Waals surface area (Å²) in [5.41, 5.74) is 2.89. The minimum absolute atomic E-state index is 0.143. The van der Waals surface area contributed by atoms with E-state index in [9.17, 15) is 4.79 Å². The molecule has 8 heteroatoms. The molecule has 0 aliphatic carbocycles. The zero-order valence-corrected chi connectivity index (χ0v) is 18.8. The van der Waals surface area contributed by atoms with Crippen LogP contribution in [-0.2, 0) is 13.1 Å². The average molecular weight is 441 g/mol.